The predicted molar refractivity (Wildman–Crippen MR) is 58.6 cm³/mol. The first-order chi connectivity index (χ1) is 7.13. The van der Waals surface area contributed by atoms with Crippen molar-refractivity contribution in [1.29, 1.82) is 0 Å². The molecule has 0 fully saturated rings. The number of aryl methyl sites for hydroxylation is 1. The van der Waals surface area contributed by atoms with Crippen molar-refractivity contribution in [2.45, 2.75) is 13.5 Å². The normalized spacial score (nSPS) is 10.0. The highest BCUT2D eigenvalue weighted by Gasteiger charge is 2.04. The fraction of sp³-hybridized carbons (Fsp3) is 0.364. The van der Waals surface area contributed by atoms with E-state index in [1.54, 1.807) is 0 Å². The summed E-state index contributed by atoms with van der Waals surface area (Å²) in [6.45, 7) is 2.63. The molecule has 4 heteroatoms. The van der Waals surface area contributed by atoms with Crippen LogP contribution in [0.4, 0.5) is 0 Å². The molecule has 0 atom stereocenters. The van der Waals surface area contributed by atoms with Gasteiger partial charge in [0, 0.05) is 12.1 Å². The zero-order valence-electron chi connectivity index (χ0n) is 9.04. The monoisotopic (exact) mass is 208 g/mol. The van der Waals surface area contributed by atoms with E-state index in [9.17, 15) is 4.79 Å². The topological polar surface area (TPSA) is 64.3 Å². The molecule has 0 bridgehead atoms. The molecule has 1 aromatic carbocycles. The van der Waals surface area contributed by atoms with Gasteiger partial charge in [0.1, 0.15) is 5.75 Å². The SMILES string of the molecule is CNCc1cc(C)ccc1OCC(N)=O. The molecule has 0 unspecified atom stereocenters. The van der Waals surface area contributed by atoms with E-state index >= 15 is 0 Å². The van der Waals surface area contributed by atoms with Crippen LogP contribution in [0.3, 0.4) is 0 Å². The Morgan fingerprint density at radius 1 is 1.53 bits per heavy atom. The van der Waals surface area contributed by atoms with Crippen LogP contribution in [0.2, 0.25) is 0 Å². The number of carbonyl (C=O) groups excluding carboxylic acids is 1. The summed E-state index contributed by atoms with van der Waals surface area (Å²) in [5, 5.41) is 3.04. The van der Waals surface area contributed by atoms with Gasteiger partial charge in [-0.15, -0.1) is 0 Å². The van der Waals surface area contributed by atoms with Crippen LogP contribution in [-0.4, -0.2) is 19.6 Å². The van der Waals surface area contributed by atoms with Crippen molar-refractivity contribution in [1.82, 2.24) is 5.32 Å². The third-order valence-corrected chi connectivity index (χ3v) is 1.95. The van der Waals surface area contributed by atoms with Gasteiger partial charge in [-0.3, -0.25) is 4.79 Å². The van der Waals surface area contributed by atoms with Gasteiger partial charge in [-0.05, 0) is 20.0 Å². The van der Waals surface area contributed by atoms with Gasteiger partial charge >= 0.3 is 0 Å². The Balaban J connectivity index is 2.80. The molecule has 82 valence electrons. The molecule has 4 nitrogen and oxygen atoms in total. The second-order valence-electron chi connectivity index (χ2n) is 3.40. The highest BCUT2D eigenvalue weighted by Crippen LogP contribution is 2.19. The maximum Gasteiger partial charge on any atom is 0.255 e. The summed E-state index contributed by atoms with van der Waals surface area (Å²) in [6.07, 6.45) is 0. The molecule has 0 aliphatic rings. The van der Waals surface area contributed by atoms with Crippen LogP contribution in [0.25, 0.3) is 0 Å². The van der Waals surface area contributed by atoms with Crippen molar-refractivity contribution in [3.05, 3.63) is 29.3 Å². The average Bonchev–Trinajstić information content (AvgIpc) is 2.17. The third-order valence-electron chi connectivity index (χ3n) is 1.95. The standard InChI is InChI=1S/C11H16N2O2/c1-8-3-4-10(15-7-11(12)14)9(5-8)6-13-2/h3-5,13H,6-7H2,1-2H3,(H2,12,14). The maximum absolute atomic E-state index is 10.6. The molecule has 1 rings (SSSR count). The fourth-order valence-electron chi connectivity index (χ4n) is 1.33. The minimum atomic E-state index is -0.467. The smallest absolute Gasteiger partial charge is 0.255 e. The number of nitrogens with two attached hydrogens (primary N) is 1. The number of amides is 1. The number of ether oxygens (including phenoxy) is 1. The Hall–Kier alpha value is -1.55. The summed E-state index contributed by atoms with van der Waals surface area (Å²) in [5.41, 5.74) is 7.20. The number of primary amides is 1. The van der Waals surface area contributed by atoms with Gasteiger partial charge < -0.3 is 15.8 Å². The van der Waals surface area contributed by atoms with Crippen molar-refractivity contribution >= 4 is 5.91 Å². The van der Waals surface area contributed by atoms with Crippen molar-refractivity contribution in [2.75, 3.05) is 13.7 Å². The Kier molecular flexibility index (Phi) is 4.12. The molecule has 3 N–H and O–H groups in total. The van der Waals surface area contributed by atoms with E-state index in [2.05, 4.69) is 5.32 Å². The zero-order chi connectivity index (χ0) is 11.3. The van der Waals surface area contributed by atoms with E-state index < -0.39 is 5.91 Å². The van der Waals surface area contributed by atoms with Gasteiger partial charge in [-0.2, -0.15) is 0 Å². The van der Waals surface area contributed by atoms with E-state index in [0.29, 0.717) is 12.3 Å². The molecule has 0 spiro atoms. The van der Waals surface area contributed by atoms with E-state index in [1.807, 2.05) is 32.2 Å². The van der Waals surface area contributed by atoms with Gasteiger partial charge in [-0.1, -0.05) is 17.7 Å². The lowest BCUT2D eigenvalue weighted by atomic mass is 10.1. The number of benzene rings is 1. The molecule has 0 heterocycles. The van der Waals surface area contributed by atoms with Crippen molar-refractivity contribution in [3.8, 4) is 5.75 Å². The van der Waals surface area contributed by atoms with Crippen LogP contribution in [0.1, 0.15) is 11.1 Å². The van der Waals surface area contributed by atoms with E-state index in [-0.39, 0.29) is 6.61 Å². The van der Waals surface area contributed by atoms with Crippen molar-refractivity contribution in [2.24, 2.45) is 5.73 Å². The summed E-state index contributed by atoms with van der Waals surface area (Å²) in [7, 11) is 1.86. The second kappa shape index (κ2) is 5.36. The Morgan fingerprint density at radius 3 is 2.87 bits per heavy atom. The lowest BCUT2D eigenvalue weighted by Gasteiger charge is -2.10. The highest BCUT2D eigenvalue weighted by molar-refractivity contribution is 5.75. The number of hydrogen-bond donors (Lipinski definition) is 2. The summed E-state index contributed by atoms with van der Waals surface area (Å²) < 4.78 is 5.29. The first kappa shape index (κ1) is 11.5. The zero-order valence-corrected chi connectivity index (χ0v) is 9.04. The number of carbonyl (C=O) groups is 1. The number of rotatable bonds is 5. The largest absolute Gasteiger partial charge is 0.483 e. The van der Waals surface area contributed by atoms with Crippen LogP contribution in [0.5, 0.6) is 5.75 Å². The summed E-state index contributed by atoms with van der Waals surface area (Å²) in [5.74, 6) is 0.236. The summed E-state index contributed by atoms with van der Waals surface area (Å²) in [6, 6.07) is 5.81. The van der Waals surface area contributed by atoms with Gasteiger partial charge in [0.15, 0.2) is 6.61 Å². The molecule has 0 saturated carbocycles. The molecule has 15 heavy (non-hydrogen) atoms. The van der Waals surface area contributed by atoms with Crippen molar-refractivity contribution < 1.29 is 9.53 Å². The molecule has 1 aromatic rings. The Labute approximate surface area is 89.4 Å². The molecule has 0 aliphatic heterocycles. The van der Waals surface area contributed by atoms with Gasteiger partial charge in [0.25, 0.3) is 5.91 Å². The molecular formula is C11H16N2O2. The van der Waals surface area contributed by atoms with Crippen LogP contribution >= 0.6 is 0 Å². The van der Waals surface area contributed by atoms with E-state index in [0.717, 1.165) is 11.1 Å². The van der Waals surface area contributed by atoms with Crippen LogP contribution in [-0.2, 0) is 11.3 Å². The van der Waals surface area contributed by atoms with Gasteiger partial charge in [0.05, 0.1) is 0 Å². The maximum atomic E-state index is 10.6. The fourth-order valence-corrected chi connectivity index (χ4v) is 1.33. The van der Waals surface area contributed by atoms with Gasteiger partial charge in [0.2, 0.25) is 0 Å². The third kappa shape index (κ3) is 3.59. The quantitative estimate of drug-likeness (QED) is 0.744. The lowest BCUT2D eigenvalue weighted by Crippen LogP contribution is -2.20. The molecule has 0 aliphatic carbocycles. The first-order valence-electron chi connectivity index (χ1n) is 4.78. The van der Waals surface area contributed by atoms with E-state index in [4.69, 9.17) is 10.5 Å². The lowest BCUT2D eigenvalue weighted by molar-refractivity contribution is -0.119. The highest BCUT2D eigenvalue weighted by atomic mass is 16.5. The van der Waals surface area contributed by atoms with Gasteiger partial charge in [-0.25, -0.2) is 0 Å². The minimum absolute atomic E-state index is 0.0836. The molecule has 0 radical (unpaired) electrons. The minimum Gasteiger partial charge on any atom is -0.483 e. The van der Waals surface area contributed by atoms with Crippen molar-refractivity contribution in [3.63, 3.8) is 0 Å². The van der Waals surface area contributed by atoms with Crippen LogP contribution in [0, 0.1) is 6.92 Å². The number of hydrogen-bond acceptors (Lipinski definition) is 3. The van der Waals surface area contributed by atoms with Crippen LogP contribution in [0.15, 0.2) is 18.2 Å². The molecular weight excluding hydrogens is 192 g/mol. The average molecular weight is 208 g/mol. The molecule has 0 aromatic heterocycles. The Morgan fingerprint density at radius 2 is 2.27 bits per heavy atom. The van der Waals surface area contributed by atoms with E-state index in [1.165, 1.54) is 0 Å². The molecule has 1 amide bonds. The summed E-state index contributed by atoms with van der Waals surface area (Å²) >= 11 is 0. The second-order valence-corrected chi connectivity index (χ2v) is 3.40. The molecule has 0 saturated heterocycles. The summed E-state index contributed by atoms with van der Waals surface area (Å²) in [4.78, 5) is 10.6. The number of nitrogens with one attached hydrogen (secondary N) is 1. The van der Waals surface area contributed by atoms with Crippen LogP contribution < -0.4 is 15.8 Å². The first-order valence-corrected chi connectivity index (χ1v) is 4.78. The Bertz CT molecular complexity index is 350. The predicted octanol–water partition coefficient (Wildman–Crippen LogP) is 0.579.